The van der Waals surface area contributed by atoms with Gasteiger partial charge in [0.25, 0.3) is 5.69 Å². The van der Waals surface area contributed by atoms with E-state index in [1.807, 2.05) is 0 Å². The number of ether oxygens (including phenoxy) is 1. The molecule has 154 valence electrons. The number of carboxylic acids is 1. The largest absolute Gasteiger partial charge is 0.478 e. The molecule has 2 N–H and O–H groups in total. The Balaban J connectivity index is 1.82. The predicted octanol–water partition coefficient (Wildman–Crippen LogP) is 3.68. The second-order valence-electron chi connectivity index (χ2n) is 6.53. The molecular weight excluding hydrogens is 404 g/mol. The van der Waals surface area contributed by atoms with Crippen LogP contribution >= 0.6 is 0 Å². The van der Waals surface area contributed by atoms with Crippen LogP contribution in [0, 0.1) is 10.1 Å². The van der Waals surface area contributed by atoms with Gasteiger partial charge in [-0.2, -0.15) is 5.10 Å². The first-order valence-electron chi connectivity index (χ1n) is 8.95. The molecule has 0 radical (unpaired) electrons. The highest BCUT2D eigenvalue weighted by molar-refractivity contribution is 6.08. The Hall–Kier alpha value is -4.60. The number of carbonyl (C=O) groups excluding carboxylic acids is 1. The lowest BCUT2D eigenvalue weighted by Crippen LogP contribution is -2.02. The zero-order chi connectivity index (χ0) is 22.1. The van der Waals surface area contributed by atoms with Gasteiger partial charge < -0.3 is 9.84 Å². The monoisotopic (exact) mass is 418 g/mol. The number of methoxy groups -OCH3 is 1. The fourth-order valence-electron chi connectivity index (χ4n) is 3.19. The molecule has 0 bridgehead atoms. The van der Waals surface area contributed by atoms with Crippen LogP contribution in [0.25, 0.3) is 33.5 Å². The first-order valence-corrected chi connectivity index (χ1v) is 8.95. The second kappa shape index (κ2) is 7.67. The summed E-state index contributed by atoms with van der Waals surface area (Å²) in [5, 5.41) is 27.9. The number of hydrogen-bond acceptors (Lipinski definition) is 7. The lowest BCUT2D eigenvalue weighted by atomic mass is 10.0. The molecule has 2 aromatic carbocycles. The topological polar surface area (TPSA) is 148 Å². The number of carbonyl (C=O) groups is 2. The van der Waals surface area contributed by atoms with Crippen LogP contribution in [0.2, 0.25) is 0 Å². The molecule has 0 aliphatic carbocycles. The highest BCUT2D eigenvalue weighted by atomic mass is 16.6. The van der Waals surface area contributed by atoms with Crippen molar-refractivity contribution in [2.24, 2.45) is 0 Å². The molecule has 0 saturated carbocycles. The smallest absolute Gasteiger partial charge is 0.337 e. The van der Waals surface area contributed by atoms with E-state index >= 15 is 0 Å². The van der Waals surface area contributed by atoms with Gasteiger partial charge in [-0.15, -0.1) is 0 Å². The lowest BCUT2D eigenvalue weighted by Gasteiger charge is -2.06. The fourth-order valence-corrected chi connectivity index (χ4v) is 3.19. The minimum atomic E-state index is -1.18. The number of pyridine rings is 1. The summed E-state index contributed by atoms with van der Waals surface area (Å²) in [5.41, 5.74) is 2.31. The van der Waals surface area contributed by atoms with Crippen LogP contribution in [0.15, 0.2) is 54.6 Å². The number of H-pyrrole nitrogens is 1. The molecule has 0 aliphatic rings. The lowest BCUT2D eigenvalue weighted by molar-refractivity contribution is -0.384. The summed E-state index contributed by atoms with van der Waals surface area (Å²) in [6, 6.07) is 13.5. The molecule has 0 aliphatic heterocycles. The SMILES string of the molecule is COC(=O)c1ccc(-c2cc(C(=O)O)c3c(-c4ccc([N+](=O)[O-])cc4)[nH]nc3n2)cc1. The summed E-state index contributed by atoms with van der Waals surface area (Å²) < 4.78 is 4.67. The molecule has 0 atom stereocenters. The second-order valence-corrected chi connectivity index (χ2v) is 6.53. The molecular formula is C21H14N4O6. The van der Waals surface area contributed by atoms with Gasteiger partial charge in [-0.25, -0.2) is 14.6 Å². The number of aromatic carboxylic acids is 1. The number of aromatic nitrogens is 3. The van der Waals surface area contributed by atoms with Crippen LogP contribution in [0.4, 0.5) is 5.69 Å². The summed E-state index contributed by atoms with van der Waals surface area (Å²) in [6.07, 6.45) is 0. The number of hydrogen-bond donors (Lipinski definition) is 2. The van der Waals surface area contributed by atoms with Gasteiger partial charge in [-0.3, -0.25) is 15.2 Å². The minimum Gasteiger partial charge on any atom is -0.478 e. The van der Waals surface area contributed by atoms with Crippen molar-refractivity contribution in [3.8, 4) is 22.5 Å². The Morgan fingerprint density at radius 3 is 2.29 bits per heavy atom. The number of rotatable bonds is 5. The molecule has 2 aromatic heterocycles. The molecule has 0 saturated heterocycles. The van der Waals surface area contributed by atoms with E-state index in [4.69, 9.17) is 0 Å². The van der Waals surface area contributed by atoms with Gasteiger partial charge in [0.15, 0.2) is 5.65 Å². The van der Waals surface area contributed by atoms with Crippen LogP contribution in [-0.4, -0.2) is 44.3 Å². The van der Waals surface area contributed by atoms with Crippen LogP contribution in [0.5, 0.6) is 0 Å². The number of esters is 1. The zero-order valence-corrected chi connectivity index (χ0v) is 16.0. The molecule has 0 fully saturated rings. The van der Waals surface area contributed by atoms with Crippen molar-refractivity contribution >= 4 is 28.7 Å². The van der Waals surface area contributed by atoms with Crippen molar-refractivity contribution < 1.29 is 24.4 Å². The van der Waals surface area contributed by atoms with E-state index in [1.165, 1.54) is 37.4 Å². The summed E-state index contributed by atoms with van der Waals surface area (Å²) in [5.74, 6) is -1.66. The average molecular weight is 418 g/mol. The van der Waals surface area contributed by atoms with Gasteiger partial charge in [-0.05, 0) is 30.3 Å². The van der Waals surface area contributed by atoms with Crippen molar-refractivity contribution in [3.63, 3.8) is 0 Å². The van der Waals surface area contributed by atoms with Crippen molar-refractivity contribution in [1.29, 1.82) is 0 Å². The Kier molecular flexibility index (Phi) is 4.88. The van der Waals surface area contributed by atoms with Gasteiger partial charge in [0, 0.05) is 23.3 Å². The van der Waals surface area contributed by atoms with Gasteiger partial charge >= 0.3 is 11.9 Å². The van der Waals surface area contributed by atoms with E-state index in [2.05, 4.69) is 19.9 Å². The van der Waals surface area contributed by atoms with Crippen LogP contribution in [0.3, 0.4) is 0 Å². The number of carboxylic acid groups (broad SMARTS) is 1. The first-order chi connectivity index (χ1) is 14.9. The quantitative estimate of drug-likeness (QED) is 0.283. The molecule has 2 heterocycles. The zero-order valence-electron chi connectivity index (χ0n) is 16.0. The van der Waals surface area contributed by atoms with E-state index < -0.39 is 16.9 Å². The number of benzene rings is 2. The third-order valence-corrected chi connectivity index (χ3v) is 4.72. The highest BCUT2D eigenvalue weighted by Crippen LogP contribution is 2.32. The average Bonchev–Trinajstić information content (AvgIpc) is 3.22. The number of nitro benzene ring substituents is 1. The normalized spacial score (nSPS) is 10.7. The number of nitrogens with one attached hydrogen (secondary N) is 1. The molecule has 10 nitrogen and oxygen atoms in total. The van der Waals surface area contributed by atoms with E-state index in [0.717, 1.165) is 0 Å². The first kappa shape index (κ1) is 19.7. The third-order valence-electron chi connectivity index (χ3n) is 4.72. The molecule has 4 rings (SSSR count). The van der Waals surface area contributed by atoms with Crippen molar-refractivity contribution in [2.45, 2.75) is 0 Å². The molecule has 31 heavy (non-hydrogen) atoms. The van der Waals surface area contributed by atoms with Crippen molar-refractivity contribution in [1.82, 2.24) is 15.2 Å². The van der Waals surface area contributed by atoms with Crippen molar-refractivity contribution in [3.05, 3.63) is 75.8 Å². The molecule has 0 amide bonds. The third kappa shape index (κ3) is 3.57. The maximum atomic E-state index is 12.0. The van der Waals surface area contributed by atoms with Gasteiger partial charge in [0.2, 0.25) is 0 Å². The summed E-state index contributed by atoms with van der Waals surface area (Å²) in [6.45, 7) is 0. The van der Waals surface area contributed by atoms with Gasteiger partial charge in [-0.1, -0.05) is 12.1 Å². The van der Waals surface area contributed by atoms with Crippen molar-refractivity contribution in [2.75, 3.05) is 7.11 Å². The van der Waals surface area contributed by atoms with E-state index in [9.17, 15) is 24.8 Å². The molecule has 0 unspecified atom stereocenters. The highest BCUT2D eigenvalue weighted by Gasteiger charge is 2.20. The minimum absolute atomic E-state index is 0.0286. The Morgan fingerprint density at radius 2 is 1.71 bits per heavy atom. The standard InChI is InChI=1S/C21H14N4O6/c1-31-21(28)13-4-2-11(3-5-13)16-10-15(20(26)27)17-18(23-24-19(17)22-16)12-6-8-14(9-7-12)25(29)30/h2-10H,1H3,(H,26,27)(H,22,23,24). The summed E-state index contributed by atoms with van der Waals surface area (Å²) in [4.78, 5) is 38.4. The summed E-state index contributed by atoms with van der Waals surface area (Å²) in [7, 11) is 1.28. The Bertz CT molecular complexity index is 1330. The van der Waals surface area contributed by atoms with Crippen LogP contribution in [-0.2, 0) is 4.74 Å². The maximum absolute atomic E-state index is 12.0. The number of aromatic amines is 1. The Morgan fingerprint density at radius 1 is 1.06 bits per heavy atom. The van der Waals surface area contributed by atoms with Gasteiger partial charge in [0.1, 0.15) is 0 Å². The number of fused-ring (bicyclic) bond motifs is 1. The maximum Gasteiger partial charge on any atom is 0.337 e. The Labute approximate surface area is 174 Å². The molecule has 0 spiro atoms. The number of nitrogens with zero attached hydrogens (tertiary/aromatic N) is 3. The van der Waals surface area contributed by atoms with E-state index in [1.54, 1.807) is 24.3 Å². The molecule has 10 heteroatoms. The van der Waals surface area contributed by atoms with Crippen LogP contribution in [0.1, 0.15) is 20.7 Å². The van der Waals surface area contributed by atoms with Crippen LogP contribution < -0.4 is 0 Å². The van der Waals surface area contributed by atoms with E-state index in [0.29, 0.717) is 28.1 Å². The van der Waals surface area contributed by atoms with Gasteiger partial charge in [0.05, 0.1) is 39.9 Å². The fraction of sp³-hybridized carbons (Fsp3) is 0.0476. The number of nitro groups is 1. The van der Waals surface area contributed by atoms with E-state index in [-0.39, 0.29) is 22.3 Å². The number of non-ortho nitro benzene ring substituents is 1. The summed E-state index contributed by atoms with van der Waals surface area (Å²) >= 11 is 0. The predicted molar refractivity (Wildman–Crippen MR) is 110 cm³/mol. The molecule has 4 aromatic rings.